The number of carbonyl (C=O) groups is 1. The van der Waals surface area contributed by atoms with E-state index in [1.807, 2.05) is 30.3 Å². The predicted molar refractivity (Wildman–Crippen MR) is 131 cm³/mol. The van der Waals surface area contributed by atoms with Gasteiger partial charge >= 0.3 is 5.97 Å². The summed E-state index contributed by atoms with van der Waals surface area (Å²) in [5.74, 6) is -0.714. The molecule has 3 aromatic rings. The summed E-state index contributed by atoms with van der Waals surface area (Å²) in [6, 6.07) is 12.6. The number of carbonyl (C=O) groups excluding carboxylic acids is 1. The summed E-state index contributed by atoms with van der Waals surface area (Å²) in [7, 11) is -1.35. The molecular formula is C26H28N2O4Si. The summed E-state index contributed by atoms with van der Waals surface area (Å²) < 4.78 is 7.31. The first-order chi connectivity index (χ1) is 15.6. The molecule has 2 aliphatic rings. The van der Waals surface area contributed by atoms with E-state index < -0.39 is 25.7 Å². The van der Waals surface area contributed by atoms with E-state index in [-0.39, 0.29) is 12.0 Å². The molecule has 2 aromatic heterocycles. The number of aromatic nitrogens is 2. The Morgan fingerprint density at radius 1 is 1.24 bits per heavy atom. The lowest BCUT2D eigenvalue weighted by molar-refractivity contribution is -0.175. The Hall–Kier alpha value is -3.03. The van der Waals surface area contributed by atoms with Gasteiger partial charge in [-0.25, -0.2) is 9.78 Å². The van der Waals surface area contributed by atoms with Gasteiger partial charge in [-0.15, -0.1) is 0 Å². The van der Waals surface area contributed by atoms with E-state index in [0.717, 1.165) is 28.2 Å². The van der Waals surface area contributed by atoms with Gasteiger partial charge in [0, 0.05) is 24.6 Å². The van der Waals surface area contributed by atoms with Gasteiger partial charge in [0.25, 0.3) is 5.56 Å². The van der Waals surface area contributed by atoms with Crippen molar-refractivity contribution in [2.75, 3.05) is 0 Å². The van der Waals surface area contributed by atoms with Gasteiger partial charge < -0.3 is 14.4 Å². The van der Waals surface area contributed by atoms with Crippen LogP contribution in [0.5, 0.6) is 0 Å². The number of rotatable bonds is 4. The van der Waals surface area contributed by atoms with Crippen molar-refractivity contribution in [3.05, 3.63) is 75.6 Å². The van der Waals surface area contributed by atoms with Crippen molar-refractivity contribution in [2.24, 2.45) is 0 Å². The van der Waals surface area contributed by atoms with Crippen LogP contribution in [0.3, 0.4) is 0 Å². The Morgan fingerprint density at radius 3 is 2.73 bits per heavy atom. The second kappa shape index (κ2) is 7.50. The normalized spacial score (nSPS) is 21.7. The van der Waals surface area contributed by atoms with Gasteiger partial charge in [-0.2, -0.15) is 0 Å². The highest BCUT2D eigenvalue weighted by Gasteiger charge is 2.48. The van der Waals surface area contributed by atoms with Crippen molar-refractivity contribution in [3.8, 4) is 11.4 Å². The van der Waals surface area contributed by atoms with E-state index in [1.165, 1.54) is 0 Å². The fraction of sp³-hybridized carbons (Fsp3) is 0.346. The fourth-order valence-corrected chi connectivity index (χ4v) is 5.55. The van der Waals surface area contributed by atoms with Crippen molar-refractivity contribution >= 4 is 24.9 Å². The van der Waals surface area contributed by atoms with E-state index >= 15 is 0 Å². The zero-order valence-electron chi connectivity index (χ0n) is 19.4. The fourth-order valence-electron chi connectivity index (χ4n) is 4.70. The van der Waals surface area contributed by atoms with Crippen LogP contribution in [0.25, 0.3) is 22.3 Å². The Morgan fingerprint density at radius 2 is 2.00 bits per heavy atom. The molecule has 33 heavy (non-hydrogen) atoms. The van der Waals surface area contributed by atoms with Gasteiger partial charge in [0.2, 0.25) is 0 Å². The number of para-hydroxylation sites is 1. The van der Waals surface area contributed by atoms with Gasteiger partial charge in [-0.1, -0.05) is 50.8 Å². The average molecular weight is 461 g/mol. The van der Waals surface area contributed by atoms with Crippen molar-refractivity contribution in [1.29, 1.82) is 0 Å². The minimum atomic E-state index is -1.85. The van der Waals surface area contributed by atoms with Crippen molar-refractivity contribution < 1.29 is 14.6 Å². The van der Waals surface area contributed by atoms with E-state index in [9.17, 15) is 14.7 Å². The predicted octanol–water partition coefficient (Wildman–Crippen LogP) is 4.52. The quantitative estimate of drug-likeness (QED) is 0.275. The van der Waals surface area contributed by atoms with Crippen LogP contribution in [0.2, 0.25) is 25.7 Å². The first-order valence-electron chi connectivity index (χ1n) is 11.4. The maximum atomic E-state index is 13.8. The van der Waals surface area contributed by atoms with Gasteiger partial charge in [-0.05, 0) is 36.7 Å². The number of esters is 1. The van der Waals surface area contributed by atoms with E-state index in [0.29, 0.717) is 23.4 Å². The zero-order valence-corrected chi connectivity index (χ0v) is 20.4. The molecule has 2 atom stereocenters. The molecule has 2 aliphatic heterocycles. The number of benzene rings is 1. The highest BCUT2D eigenvalue weighted by atomic mass is 28.3. The number of allylic oxidation sites excluding steroid dienone is 1. The number of fused-ring (bicyclic) bond motifs is 5. The van der Waals surface area contributed by atoms with Crippen LogP contribution in [-0.4, -0.2) is 28.7 Å². The van der Waals surface area contributed by atoms with Gasteiger partial charge in [0.05, 0.1) is 29.0 Å². The Balaban J connectivity index is 1.71. The first kappa shape index (κ1) is 21.8. The second-order valence-electron chi connectivity index (χ2n) is 10.2. The summed E-state index contributed by atoms with van der Waals surface area (Å²) in [4.78, 5) is 31.5. The summed E-state index contributed by atoms with van der Waals surface area (Å²) in [5, 5.41) is 12.3. The summed E-state index contributed by atoms with van der Waals surface area (Å²) in [6.07, 6.45) is 3.11. The molecular weight excluding hydrogens is 432 g/mol. The summed E-state index contributed by atoms with van der Waals surface area (Å²) in [5.41, 5.74) is 1.72. The molecule has 0 radical (unpaired) electrons. The van der Waals surface area contributed by atoms with Crippen LogP contribution in [0.15, 0.2) is 53.3 Å². The molecule has 0 fully saturated rings. The van der Waals surface area contributed by atoms with Crippen LogP contribution in [0.1, 0.15) is 36.1 Å². The van der Waals surface area contributed by atoms with Crippen LogP contribution in [-0.2, 0) is 21.7 Å². The summed E-state index contributed by atoms with van der Waals surface area (Å²) >= 11 is 0. The van der Waals surface area contributed by atoms with Crippen molar-refractivity contribution in [3.63, 3.8) is 0 Å². The highest BCUT2D eigenvalue weighted by molar-refractivity contribution is 6.76. The molecule has 1 unspecified atom stereocenters. The maximum absolute atomic E-state index is 13.8. The monoisotopic (exact) mass is 460 g/mol. The average Bonchev–Trinajstić information content (AvgIpc) is 3.12. The molecule has 7 heteroatoms. The molecule has 1 N–H and O–H groups in total. The lowest BCUT2D eigenvalue weighted by Gasteiger charge is -2.35. The number of cyclic esters (lactones) is 1. The topological polar surface area (TPSA) is 81.4 Å². The SMILES string of the molecule is CC[C@@]1(O)C(=O)OC(/C=C/C[Si](C)(C)C)c2c1cc1n(c2=O)Cc2cc3ccccc3nc2-1. The van der Waals surface area contributed by atoms with E-state index in [2.05, 4.69) is 25.7 Å². The van der Waals surface area contributed by atoms with Crippen LogP contribution < -0.4 is 5.56 Å². The van der Waals surface area contributed by atoms with Crippen molar-refractivity contribution in [2.45, 2.75) is 57.3 Å². The minimum absolute atomic E-state index is 0.116. The Kier molecular flexibility index (Phi) is 4.95. The third-order valence-electron chi connectivity index (χ3n) is 6.57. The third kappa shape index (κ3) is 3.47. The number of hydrogen-bond donors (Lipinski definition) is 1. The lowest BCUT2D eigenvalue weighted by atomic mass is 9.83. The highest BCUT2D eigenvalue weighted by Crippen LogP contribution is 2.42. The van der Waals surface area contributed by atoms with Crippen LogP contribution in [0, 0.1) is 0 Å². The first-order valence-corrected chi connectivity index (χ1v) is 15.1. The molecule has 0 aliphatic carbocycles. The molecule has 170 valence electrons. The van der Waals surface area contributed by atoms with Crippen molar-refractivity contribution in [1.82, 2.24) is 9.55 Å². The van der Waals surface area contributed by atoms with E-state index in [4.69, 9.17) is 9.72 Å². The summed E-state index contributed by atoms with van der Waals surface area (Å²) in [6.45, 7) is 8.88. The smallest absolute Gasteiger partial charge is 0.343 e. The number of hydrogen-bond acceptors (Lipinski definition) is 5. The van der Waals surface area contributed by atoms with Gasteiger partial charge in [-0.3, -0.25) is 4.79 Å². The minimum Gasteiger partial charge on any atom is -0.451 e. The third-order valence-corrected chi connectivity index (χ3v) is 8.03. The lowest BCUT2D eigenvalue weighted by Crippen LogP contribution is -2.45. The maximum Gasteiger partial charge on any atom is 0.343 e. The molecule has 0 amide bonds. The van der Waals surface area contributed by atoms with Crippen LogP contribution in [0.4, 0.5) is 0 Å². The molecule has 1 aromatic carbocycles. The molecule has 4 heterocycles. The number of nitrogens with zero attached hydrogens (tertiary/aromatic N) is 2. The number of aliphatic hydroxyl groups is 1. The molecule has 6 nitrogen and oxygen atoms in total. The molecule has 0 spiro atoms. The number of ether oxygens (including phenoxy) is 1. The largest absolute Gasteiger partial charge is 0.451 e. The van der Waals surface area contributed by atoms with Gasteiger partial charge in [0.15, 0.2) is 11.7 Å². The molecule has 0 bridgehead atoms. The van der Waals surface area contributed by atoms with E-state index in [1.54, 1.807) is 23.6 Å². The standard InChI is InChI=1S/C26H28N2O4Si/c1-5-26(31)18-14-20-23-17(13-16-9-6-7-10-19(16)27-23)15-28(20)24(29)22(18)21(32-25(26)30)11-8-12-33(2,3)4/h6-11,13-14,21,31H,5,12,15H2,1-4H3/b11-8+/t21?,26-/m0/s1. The second-order valence-corrected chi connectivity index (χ2v) is 15.7. The zero-order chi connectivity index (χ0) is 23.5. The Labute approximate surface area is 193 Å². The Bertz CT molecular complexity index is 1390. The molecule has 5 rings (SSSR count). The van der Waals surface area contributed by atoms with Gasteiger partial charge in [0.1, 0.15) is 0 Å². The number of pyridine rings is 2. The molecule has 0 saturated heterocycles. The molecule has 0 saturated carbocycles. The van der Waals surface area contributed by atoms with Crippen LogP contribution >= 0.6 is 0 Å².